The summed E-state index contributed by atoms with van der Waals surface area (Å²) < 4.78 is 94.8. The van der Waals surface area contributed by atoms with E-state index >= 15 is 0 Å². The van der Waals surface area contributed by atoms with Gasteiger partial charge in [-0.05, 0) is 41.0 Å². The molecule has 0 bridgehead atoms. The number of nitrogens with zero attached hydrogens (tertiary/aromatic N) is 4. The van der Waals surface area contributed by atoms with Gasteiger partial charge in [0.1, 0.15) is 52.2 Å². The summed E-state index contributed by atoms with van der Waals surface area (Å²) in [6.07, 6.45) is -1.84. The molecule has 0 radical (unpaired) electrons. The minimum absolute atomic E-state index is 0.000399. The van der Waals surface area contributed by atoms with E-state index in [0.29, 0.717) is 28.2 Å². The Bertz CT molecular complexity index is 2230. The number of imidazole rings is 1. The SMILES string of the molecule is COc1ccc(C(OC[C@H]2O[C@@H](n3cnc4c(N)ncnc43)[C@@](O)(CS(=O)(=O)O)[C@@]2(O)CS(=O)(=O)O)(c2ccccc2)c2ccc(OC)cc2)cc1. The monoisotopic (exact) mass is 757 g/mol. The van der Waals surface area contributed by atoms with Crippen molar-refractivity contribution in [1.82, 2.24) is 19.5 Å². The van der Waals surface area contributed by atoms with E-state index in [0.717, 1.165) is 17.2 Å². The molecule has 0 amide bonds. The molecule has 0 saturated carbocycles. The Kier molecular flexibility index (Phi) is 9.74. The van der Waals surface area contributed by atoms with E-state index in [1.165, 1.54) is 14.2 Å². The molecule has 4 atom stereocenters. The van der Waals surface area contributed by atoms with Crippen LogP contribution in [0.5, 0.6) is 11.5 Å². The largest absolute Gasteiger partial charge is 0.497 e. The lowest BCUT2D eigenvalue weighted by atomic mass is 9.79. The van der Waals surface area contributed by atoms with E-state index in [4.69, 9.17) is 24.7 Å². The van der Waals surface area contributed by atoms with Gasteiger partial charge in [0.2, 0.25) is 0 Å². The lowest BCUT2D eigenvalue weighted by Crippen LogP contribution is -2.65. The Labute approximate surface area is 298 Å². The van der Waals surface area contributed by atoms with Crippen LogP contribution >= 0.6 is 0 Å². The highest BCUT2D eigenvalue weighted by molar-refractivity contribution is 7.86. The first-order valence-electron chi connectivity index (χ1n) is 15.5. The van der Waals surface area contributed by atoms with Gasteiger partial charge in [-0.3, -0.25) is 13.7 Å². The van der Waals surface area contributed by atoms with E-state index in [-0.39, 0.29) is 17.0 Å². The highest BCUT2D eigenvalue weighted by Crippen LogP contribution is 2.50. The van der Waals surface area contributed by atoms with Crippen molar-refractivity contribution >= 4 is 37.2 Å². The topological polar surface area (TPSA) is 256 Å². The fourth-order valence-electron chi connectivity index (χ4n) is 6.63. The third-order valence-corrected chi connectivity index (χ3v) is 10.7. The number of anilines is 1. The van der Waals surface area contributed by atoms with Crippen LogP contribution in [-0.2, 0) is 35.3 Å². The van der Waals surface area contributed by atoms with Gasteiger partial charge >= 0.3 is 0 Å². The van der Waals surface area contributed by atoms with E-state index in [1.54, 1.807) is 78.9 Å². The fourth-order valence-corrected chi connectivity index (χ4v) is 8.57. The number of methoxy groups -OCH3 is 2. The maximum atomic E-state index is 12.5. The van der Waals surface area contributed by atoms with Crippen LogP contribution in [0.3, 0.4) is 0 Å². The number of rotatable bonds is 13. The van der Waals surface area contributed by atoms with Crippen LogP contribution in [0, 0.1) is 0 Å². The fraction of sp³-hybridized carbons (Fsp3) is 0.303. The summed E-state index contributed by atoms with van der Waals surface area (Å²) in [7, 11) is -7.42. The van der Waals surface area contributed by atoms with Crippen molar-refractivity contribution in [3.63, 3.8) is 0 Å². The third-order valence-electron chi connectivity index (χ3n) is 9.05. The summed E-state index contributed by atoms with van der Waals surface area (Å²) in [4.78, 5) is 12.1. The van der Waals surface area contributed by atoms with Gasteiger partial charge < -0.3 is 34.9 Å². The van der Waals surface area contributed by atoms with Gasteiger partial charge in [0.15, 0.2) is 23.3 Å². The van der Waals surface area contributed by atoms with Gasteiger partial charge in [0.05, 0.1) is 27.2 Å². The summed E-state index contributed by atoms with van der Waals surface area (Å²) in [5, 5.41) is 24.6. The quantitative estimate of drug-likeness (QED) is 0.0844. The molecule has 19 heteroatoms. The molecule has 52 heavy (non-hydrogen) atoms. The molecule has 276 valence electrons. The number of benzene rings is 3. The maximum Gasteiger partial charge on any atom is 0.268 e. The Hall–Kier alpha value is -4.73. The average Bonchev–Trinajstić information content (AvgIpc) is 3.61. The van der Waals surface area contributed by atoms with Crippen LogP contribution < -0.4 is 15.2 Å². The van der Waals surface area contributed by atoms with E-state index in [1.807, 2.05) is 0 Å². The molecule has 1 aliphatic heterocycles. The number of fused-ring (bicyclic) bond motifs is 1. The second-order valence-corrected chi connectivity index (χ2v) is 15.1. The zero-order valence-electron chi connectivity index (χ0n) is 27.7. The lowest BCUT2D eigenvalue weighted by molar-refractivity contribution is -0.137. The van der Waals surface area contributed by atoms with Crippen LogP contribution in [0.1, 0.15) is 22.9 Å². The molecule has 1 fully saturated rings. The molecule has 3 aromatic carbocycles. The highest BCUT2D eigenvalue weighted by atomic mass is 32.2. The van der Waals surface area contributed by atoms with Crippen LogP contribution in [0.2, 0.25) is 0 Å². The average molecular weight is 758 g/mol. The third kappa shape index (κ3) is 6.68. The summed E-state index contributed by atoms with van der Waals surface area (Å²) in [6.45, 7) is -0.757. The predicted octanol–water partition coefficient (Wildman–Crippen LogP) is 1.57. The molecule has 3 heterocycles. The molecular formula is C33H35N5O12S2. The zero-order chi connectivity index (χ0) is 37.5. The normalized spacial score (nSPS) is 22.4. The molecule has 1 aliphatic rings. The van der Waals surface area contributed by atoms with Gasteiger partial charge in [-0.1, -0.05) is 54.6 Å². The highest BCUT2D eigenvalue weighted by Gasteiger charge is 2.69. The second kappa shape index (κ2) is 13.7. The number of aromatic nitrogens is 4. The molecule has 2 aromatic heterocycles. The van der Waals surface area contributed by atoms with Crippen LogP contribution in [0.15, 0.2) is 91.5 Å². The second-order valence-electron chi connectivity index (χ2n) is 12.2. The summed E-state index contributed by atoms with van der Waals surface area (Å²) >= 11 is 0. The number of nitrogen functional groups attached to an aromatic ring is 1. The standard InChI is InChI=1S/C33H35N5O12S2/c1-47-24-12-8-22(9-13-24)33(21-6-4-3-5-7-21,23-10-14-25(48-2)15-11-23)49-16-26-31(39,17-51(41,42)43)32(40,18-52(44,45)46)30(50-26)38-20-37-27-28(34)35-19-36-29(27)38/h3-15,19-20,26,30,39-40H,16-18H2,1-2H3,(H2,34,35,36)(H,41,42,43)(H,44,45,46)/t26-,30-,31-,32+/m1/s1. The Morgan fingerprint density at radius 2 is 1.31 bits per heavy atom. The van der Waals surface area contributed by atoms with Crippen molar-refractivity contribution in [2.75, 3.05) is 38.1 Å². The number of aliphatic hydroxyl groups is 2. The van der Waals surface area contributed by atoms with Crippen molar-refractivity contribution in [3.8, 4) is 11.5 Å². The van der Waals surface area contributed by atoms with Crippen molar-refractivity contribution in [2.45, 2.75) is 29.1 Å². The van der Waals surface area contributed by atoms with Gasteiger partial charge in [-0.2, -0.15) is 16.8 Å². The summed E-state index contributed by atoms with van der Waals surface area (Å²) in [5.74, 6) is -2.35. The zero-order valence-corrected chi connectivity index (χ0v) is 29.3. The van der Waals surface area contributed by atoms with Gasteiger partial charge in [-0.15, -0.1) is 0 Å². The van der Waals surface area contributed by atoms with Gasteiger partial charge in [0, 0.05) is 0 Å². The smallest absolute Gasteiger partial charge is 0.268 e. The summed E-state index contributed by atoms with van der Waals surface area (Å²) in [5.41, 5.74) is -0.504. The van der Waals surface area contributed by atoms with Gasteiger partial charge in [0.25, 0.3) is 20.2 Å². The molecule has 0 unspecified atom stereocenters. The number of nitrogens with two attached hydrogens (primary N) is 1. The van der Waals surface area contributed by atoms with Gasteiger partial charge in [-0.25, -0.2) is 15.0 Å². The van der Waals surface area contributed by atoms with Crippen molar-refractivity contribution in [3.05, 3.63) is 108 Å². The van der Waals surface area contributed by atoms with Crippen molar-refractivity contribution in [2.24, 2.45) is 0 Å². The van der Waals surface area contributed by atoms with Crippen LogP contribution in [0.25, 0.3) is 11.2 Å². The molecule has 5 aromatic rings. The lowest BCUT2D eigenvalue weighted by Gasteiger charge is -2.41. The minimum atomic E-state index is -5.21. The first-order valence-corrected chi connectivity index (χ1v) is 18.7. The van der Waals surface area contributed by atoms with E-state index in [9.17, 15) is 36.2 Å². The number of ether oxygens (including phenoxy) is 4. The van der Waals surface area contributed by atoms with Crippen LogP contribution in [0.4, 0.5) is 5.82 Å². The molecule has 1 saturated heterocycles. The Morgan fingerprint density at radius 3 is 1.83 bits per heavy atom. The van der Waals surface area contributed by atoms with E-state index in [2.05, 4.69) is 15.0 Å². The first-order chi connectivity index (χ1) is 24.5. The molecule has 17 nitrogen and oxygen atoms in total. The Morgan fingerprint density at radius 1 is 0.788 bits per heavy atom. The van der Waals surface area contributed by atoms with Crippen LogP contribution in [-0.4, -0.2) is 105 Å². The minimum Gasteiger partial charge on any atom is -0.497 e. The molecule has 6 N–H and O–H groups in total. The summed E-state index contributed by atoms with van der Waals surface area (Å²) in [6, 6.07) is 22.6. The first kappa shape index (κ1) is 37.0. The van der Waals surface area contributed by atoms with Crippen molar-refractivity contribution in [1.29, 1.82) is 0 Å². The molecule has 0 spiro atoms. The maximum absolute atomic E-state index is 12.5. The van der Waals surface area contributed by atoms with E-state index < -0.39 is 67.5 Å². The van der Waals surface area contributed by atoms with Crippen molar-refractivity contribution < 1.29 is 55.1 Å². The molecular weight excluding hydrogens is 723 g/mol. The predicted molar refractivity (Wildman–Crippen MR) is 185 cm³/mol. The molecule has 0 aliphatic carbocycles. The molecule has 6 rings (SSSR count). The number of hydrogen-bond donors (Lipinski definition) is 5. The Balaban J connectivity index is 1.55. The number of hydrogen-bond acceptors (Lipinski definition) is 14.